The van der Waals surface area contributed by atoms with Crippen molar-refractivity contribution in [1.29, 1.82) is 0 Å². The molecule has 0 aliphatic heterocycles. The number of aromatic nitrogens is 2. The number of rotatable bonds is 4. The molecule has 5 nitrogen and oxygen atoms in total. The van der Waals surface area contributed by atoms with Gasteiger partial charge in [0, 0.05) is 0 Å². The zero-order valence-electron chi connectivity index (χ0n) is 13.3. The van der Waals surface area contributed by atoms with Gasteiger partial charge in [-0.2, -0.15) is 0 Å². The summed E-state index contributed by atoms with van der Waals surface area (Å²) in [6.07, 6.45) is 0. The van der Waals surface area contributed by atoms with Gasteiger partial charge in [-0.05, 0) is 24.3 Å². The number of nitrogens with two attached hydrogens (primary N) is 1. The van der Waals surface area contributed by atoms with Crippen LogP contribution in [0.5, 0.6) is 0 Å². The van der Waals surface area contributed by atoms with Crippen LogP contribution in [0.2, 0.25) is 0 Å². The zero-order chi connectivity index (χ0) is 18.3. The third-order valence-electron chi connectivity index (χ3n) is 3.84. The van der Waals surface area contributed by atoms with E-state index >= 15 is 0 Å². The molecule has 2 amide bonds. The molecule has 132 valence electrons. The lowest BCUT2D eigenvalue weighted by molar-refractivity contribution is 0.199. The standard InChI is InChI=1S/C17H14N4OS4/c18-17(22)21(15(23)13-19-9-5-1-3-7-11(9)25-13)16(24)14-20-10-6-2-4-8-12(10)26-14/h1-8,15-16,23-24H,(H2,18,22). The zero-order valence-corrected chi connectivity index (χ0v) is 16.7. The van der Waals surface area contributed by atoms with Gasteiger partial charge < -0.3 is 5.73 Å². The number of hydrogen-bond donors (Lipinski definition) is 3. The lowest BCUT2D eigenvalue weighted by Gasteiger charge is -2.29. The van der Waals surface area contributed by atoms with E-state index < -0.39 is 16.8 Å². The van der Waals surface area contributed by atoms with Crippen LogP contribution in [0.15, 0.2) is 48.5 Å². The summed E-state index contributed by atoms with van der Waals surface area (Å²) >= 11 is 12.2. The molecule has 0 fully saturated rings. The lowest BCUT2D eigenvalue weighted by Crippen LogP contribution is -2.38. The highest BCUT2D eigenvalue weighted by atomic mass is 32.1. The number of carbonyl (C=O) groups excluding carboxylic acids is 1. The quantitative estimate of drug-likeness (QED) is 0.328. The van der Waals surface area contributed by atoms with Gasteiger partial charge in [-0.15, -0.1) is 47.9 Å². The number of primary amides is 1. The lowest BCUT2D eigenvalue weighted by atomic mass is 10.3. The third-order valence-corrected chi connectivity index (χ3v) is 7.36. The molecular formula is C17H14N4OS4. The van der Waals surface area contributed by atoms with Crippen molar-refractivity contribution in [2.45, 2.75) is 10.7 Å². The Hall–Kier alpha value is -1.81. The monoisotopic (exact) mass is 418 g/mol. The van der Waals surface area contributed by atoms with Crippen LogP contribution in [0.4, 0.5) is 4.79 Å². The van der Waals surface area contributed by atoms with Crippen molar-refractivity contribution in [3.63, 3.8) is 0 Å². The summed E-state index contributed by atoms with van der Waals surface area (Å²) < 4.78 is 2.06. The second-order valence-corrected chi connectivity index (χ2v) is 8.64. The minimum absolute atomic E-state index is 0.612. The van der Waals surface area contributed by atoms with Gasteiger partial charge >= 0.3 is 6.03 Å². The van der Waals surface area contributed by atoms with Gasteiger partial charge in [0.25, 0.3) is 0 Å². The SMILES string of the molecule is NC(=O)N(C(S)c1nc2ccccc2s1)C(S)c1nc2ccccc2s1. The summed E-state index contributed by atoms with van der Waals surface area (Å²) in [5.74, 6) is 0. The first-order valence-electron chi connectivity index (χ1n) is 7.69. The maximum absolute atomic E-state index is 12.2. The van der Waals surface area contributed by atoms with Crippen LogP contribution < -0.4 is 5.73 Å². The van der Waals surface area contributed by atoms with Gasteiger partial charge in [-0.1, -0.05) is 24.3 Å². The number of thiazole rings is 2. The summed E-state index contributed by atoms with van der Waals surface area (Å²) in [7, 11) is 0. The predicted molar refractivity (Wildman–Crippen MR) is 114 cm³/mol. The summed E-state index contributed by atoms with van der Waals surface area (Å²) in [4.78, 5) is 22.7. The Morgan fingerprint density at radius 3 is 1.69 bits per heavy atom. The minimum Gasteiger partial charge on any atom is -0.351 e. The second kappa shape index (κ2) is 7.07. The second-order valence-electron chi connectivity index (χ2n) is 5.53. The number of carbonyl (C=O) groups is 1. The molecule has 26 heavy (non-hydrogen) atoms. The van der Waals surface area contributed by atoms with Gasteiger partial charge in [-0.25, -0.2) is 14.8 Å². The van der Waals surface area contributed by atoms with E-state index in [1.807, 2.05) is 48.5 Å². The van der Waals surface area contributed by atoms with Crippen LogP contribution in [0, 0.1) is 0 Å². The van der Waals surface area contributed by atoms with E-state index in [1.165, 1.54) is 27.6 Å². The first-order valence-corrected chi connectivity index (χ1v) is 10.4. The molecule has 2 unspecified atom stereocenters. The molecule has 2 heterocycles. The van der Waals surface area contributed by atoms with E-state index in [-0.39, 0.29) is 0 Å². The smallest absolute Gasteiger partial charge is 0.317 e. The third kappa shape index (κ3) is 3.16. The van der Waals surface area contributed by atoms with E-state index in [4.69, 9.17) is 5.73 Å². The molecule has 4 aromatic rings. The van der Waals surface area contributed by atoms with E-state index in [2.05, 4.69) is 35.2 Å². The van der Waals surface area contributed by atoms with Crippen molar-refractivity contribution in [2.75, 3.05) is 0 Å². The van der Waals surface area contributed by atoms with Crippen LogP contribution in [-0.4, -0.2) is 20.9 Å². The molecule has 2 N–H and O–H groups in total. The number of urea groups is 1. The molecule has 0 saturated heterocycles. The van der Waals surface area contributed by atoms with Crippen LogP contribution in [-0.2, 0) is 0 Å². The van der Waals surface area contributed by atoms with Crippen LogP contribution in [0.25, 0.3) is 20.4 Å². The van der Waals surface area contributed by atoms with E-state index in [9.17, 15) is 4.79 Å². The predicted octanol–water partition coefficient (Wildman–Crippen LogP) is 4.84. The highest BCUT2D eigenvalue weighted by Gasteiger charge is 2.31. The molecule has 9 heteroatoms. The van der Waals surface area contributed by atoms with Gasteiger partial charge in [0.2, 0.25) is 0 Å². The summed E-state index contributed by atoms with van der Waals surface area (Å²) in [5, 5.41) is 0.154. The average Bonchev–Trinajstić information content (AvgIpc) is 3.25. The van der Waals surface area contributed by atoms with Crippen molar-refractivity contribution in [3.05, 3.63) is 58.5 Å². The molecule has 0 radical (unpaired) electrons. The van der Waals surface area contributed by atoms with E-state index in [0.717, 1.165) is 20.4 Å². The largest absolute Gasteiger partial charge is 0.351 e. The Morgan fingerprint density at radius 1 is 0.885 bits per heavy atom. The first kappa shape index (κ1) is 17.6. The Bertz CT molecular complexity index is 946. The molecule has 2 aromatic heterocycles. The Kier molecular flexibility index (Phi) is 4.78. The Labute approximate surface area is 168 Å². The minimum atomic E-state index is -0.622. The molecule has 4 rings (SSSR count). The summed E-state index contributed by atoms with van der Waals surface area (Å²) in [6, 6.07) is 14.9. The Morgan fingerprint density at radius 2 is 1.31 bits per heavy atom. The van der Waals surface area contributed by atoms with Crippen molar-refractivity contribution in [2.24, 2.45) is 5.73 Å². The molecule has 2 atom stereocenters. The van der Waals surface area contributed by atoms with Gasteiger partial charge in [0.1, 0.15) is 20.8 Å². The number of nitrogens with zero attached hydrogens (tertiary/aromatic N) is 3. The van der Waals surface area contributed by atoms with Crippen LogP contribution >= 0.6 is 47.9 Å². The van der Waals surface area contributed by atoms with Crippen molar-refractivity contribution in [1.82, 2.24) is 14.9 Å². The summed E-state index contributed by atoms with van der Waals surface area (Å²) in [5.41, 5.74) is 7.38. The van der Waals surface area contributed by atoms with Gasteiger partial charge in [0.15, 0.2) is 0 Å². The number of fused-ring (bicyclic) bond motifs is 2. The van der Waals surface area contributed by atoms with Gasteiger partial charge in [0.05, 0.1) is 20.4 Å². The van der Waals surface area contributed by atoms with E-state index in [0.29, 0.717) is 10.0 Å². The maximum atomic E-state index is 12.2. The fourth-order valence-corrected chi connectivity index (χ4v) is 5.55. The number of amides is 2. The maximum Gasteiger partial charge on any atom is 0.317 e. The normalized spacial score (nSPS) is 13.8. The number of thiol groups is 2. The fraction of sp³-hybridized carbons (Fsp3) is 0.118. The highest BCUT2D eigenvalue weighted by molar-refractivity contribution is 7.81. The molecule has 0 aliphatic rings. The fourth-order valence-electron chi connectivity index (χ4n) is 2.61. The topological polar surface area (TPSA) is 72.1 Å². The first-order chi connectivity index (χ1) is 12.5. The number of benzene rings is 2. The Balaban J connectivity index is 1.70. The molecule has 0 aliphatic carbocycles. The van der Waals surface area contributed by atoms with Crippen LogP contribution in [0.3, 0.4) is 0 Å². The number of hydrogen-bond acceptors (Lipinski definition) is 7. The van der Waals surface area contributed by atoms with Crippen molar-refractivity contribution in [3.8, 4) is 0 Å². The average molecular weight is 419 g/mol. The van der Waals surface area contributed by atoms with Crippen molar-refractivity contribution < 1.29 is 4.79 Å². The van der Waals surface area contributed by atoms with Crippen molar-refractivity contribution >= 4 is 74.4 Å². The number of para-hydroxylation sites is 2. The molecule has 2 aromatic carbocycles. The highest BCUT2D eigenvalue weighted by Crippen LogP contribution is 2.40. The van der Waals surface area contributed by atoms with E-state index in [1.54, 1.807) is 0 Å². The molecule has 0 saturated carbocycles. The van der Waals surface area contributed by atoms with Crippen LogP contribution in [0.1, 0.15) is 20.8 Å². The molecule has 0 bridgehead atoms. The van der Waals surface area contributed by atoms with Gasteiger partial charge in [-0.3, -0.25) is 4.90 Å². The summed E-state index contributed by atoms with van der Waals surface area (Å²) in [6.45, 7) is 0. The molecule has 0 spiro atoms. The molecular weight excluding hydrogens is 404 g/mol.